The number of hydrogen-bond donors (Lipinski definition) is 2. The zero-order valence-corrected chi connectivity index (χ0v) is 14.2. The van der Waals surface area contributed by atoms with Gasteiger partial charge in [0.2, 0.25) is 5.91 Å². The van der Waals surface area contributed by atoms with E-state index in [9.17, 15) is 4.79 Å². The Morgan fingerprint density at radius 1 is 1.30 bits per heavy atom. The summed E-state index contributed by atoms with van der Waals surface area (Å²) < 4.78 is 0. The quantitative estimate of drug-likeness (QED) is 0.541. The van der Waals surface area contributed by atoms with Crippen LogP contribution >= 0.6 is 35.0 Å². The van der Waals surface area contributed by atoms with E-state index in [2.05, 4.69) is 25.3 Å². The van der Waals surface area contributed by atoms with Crippen LogP contribution in [0.3, 0.4) is 0 Å². The first-order chi connectivity index (χ1) is 11.1. The van der Waals surface area contributed by atoms with Crippen LogP contribution in [0.15, 0.2) is 35.9 Å². The fraction of sp³-hybridized carbons (Fsp3) is 0.143. The SMILES string of the molecule is C[C@@H](Sc1ncnc2nc[nH]c12)C(=O)Nc1cccc(Cl)c1Cl. The molecule has 1 aromatic carbocycles. The molecule has 1 amide bonds. The van der Waals surface area contributed by atoms with Gasteiger partial charge in [0.15, 0.2) is 5.65 Å². The van der Waals surface area contributed by atoms with Crippen molar-refractivity contribution in [1.29, 1.82) is 0 Å². The first kappa shape index (κ1) is 16.0. The van der Waals surface area contributed by atoms with Crippen molar-refractivity contribution in [2.24, 2.45) is 0 Å². The minimum atomic E-state index is -0.397. The number of H-pyrrole nitrogens is 1. The second kappa shape index (κ2) is 6.74. The molecule has 0 fully saturated rings. The summed E-state index contributed by atoms with van der Waals surface area (Å²) in [7, 11) is 0. The molecule has 3 rings (SSSR count). The smallest absolute Gasteiger partial charge is 0.237 e. The molecule has 118 valence electrons. The third kappa shape index (κ3) is 3.41. The second-order valence-electron chi connectivity index (χ2n) is 4.63. The standard InChI is InChI=1S/C14H11Cl2N5OS/c1-7(13(22)21-9-4-2-3-8(15)10(9)16)23-14-11-12(18-5-17-11)19-6-20-14/h2-7H,1H3,(H,21,22)(H,17,18,19,20)/t7-/m1/s1. The molecule has 23 heavy (non-hydrogen) atoms. The Morgan fingerprint density at radius 2 is 2.13 bits per heavy atom. The zero-order chi connectivity index (χ0) is 16.4. The van der Waals surface area contributed by atoms with Crippen LogP contribution in [0.5, 0.6) is 0 Å². The molecule has 2 heterocycles. The van der Waals surface area contributed by atoms with E-state index in [4.69, 9.17) is 23.2 Å². The summed E-state index contributed by atoms with van der Waals surface area (Å²) in [5, 5.41) is 3.74. The maximum Gasteiger partial charge on any atom is 0.237 e. The van der Waals surface area contributed by atoms with E-state index in [-0.39, 0.29) is 5.91 Å². The van der Waals surface area contributed by atoms with Crippen LogP contribution in [-0.4, -0.2) is 31.1 Å². The third-order valence-corrected chi connectivity index (χ3v) is 4.97. The third-order valence-electron chi connectivity index (χ3n) is 3.06. The minimum Gasteiger partial charge on any atom is -0.341 e. The van der Waals surface area contributed by atoms with Gasteiger partial charge in [0.25, 0.3) is 0 Å². The number of aromatic nitrogens is 4. The van der Waals surface area contributed by atoms with Crippen LogP contribution in [0.4, 0.5) is 5.69 Å². The monoisotopic (exact) mass is 367 g/mol. The number of imidazole rings is 1. The van der Waals surface area contributed by atoms with Gasteiger partial charge in [-0.3, -0.25) is 4.79 Å². The topological polar surface area (TPSA) is 83.6 Å². The molecule has 2 N–H and O–H groups in total. The van der Waals surface area contributed by atoms with E-state index in [1.54, 1.807) is 31.5 Å². The fourth-order valence-electron chi connectivity index (χ4n) is 1.89. The number of fused-ring (bicyclic) bond motifs is 1. The summed E-state index contributed by atoms with van der Waals surface area (Å²) in [6, 6.07) is 5.08. The minimum absolute atomic E-state index is 0.203. The highest BCUT2D eigenvalue weighted by Gasteiger charge is 2.19. The Balaban J connectivity index is 1.75. The first-order valence-corrected chi connectivity index (χ1v) is 8.25. The molecule has 0 saturated heterocycles. The summed E-state index contributed by atoms with van der Waals surface area (Å²) in [6.07, 6.45) is 2.96. The van der Waals surface area contributed by atoms with E-state index in [0.717, 1.165) is 0 Å². The van der Waals surface area contributed by atoms with Crippen molar-refractivity contribution in [3.63, 3.8) is 0 Å². The van der Waals surface area contributed by atoms with Crippen LogP contribution in [0.1, 0.15) is 6.92 Å². The predicted molar refractivity (Wildman–Crippen MR) is 92.1 cm³/mol. The summed E-state index contributed by atoms with van der Waals surface area (Å²) in [4.78, 5) is 27.6. The molecule has 0 spiro atoms. The Morgan fingerprint density at radius 3 is 2.96 bits per heavy atom. The number of anilines is 1. The van der Waals surface area contributed by atoms with Crippen LogP contribution in [0.25, 0.3) is 11.2 Å². The van der Waals surface area contributed by atoms with Crippen LogP contribution in [-0.2, 0) is 4.79 Å². The molecule has 1 atom stereocenters. The van der Waals surface area contributed by atoms with E-state index < -0.39 is 5.25 Å². The molecule has 0 unspecified atom stereocenters. The number of rotatable bonds is 4. The van der Waals surface area contributed by atoms with Gasteiger partial charge in [0, 0.05) is 0 Å². The maximum atomic E-state index is 12.4. The largest absolute Gasteiger partial charge is 0.341 e. The number of benzene rings is 1. The van der Waals surface area contributed by atoms with Crippen molar-refractivity contribution >= 4 is 57.7 Å². The fourth-order valence-corrected chi connectivity index (χ4v) is 3.11. The van der Waals surface area contributed by atoms with Crippen LogP contribution in [0, 0.1) is 0 Å². The van der Waals surface area contributed by atoms with Gasteiger partial charge in [-0.1, -0.05) is 41.0 Å². The van der Waals surface area contributed by atoms with Crippen molar-refractivity contribution in [3.8, 4) is 0 Å². The number of thioether (sulfide) groups is 1. The lowest BCUT2D eigenvalue weighted by Gasteiger charge is -2.13. The van der Waals surface area contributed by atoms with Gasteiger partial charge in [0.05, 0.1) is 27.3 Å². The van der Waals surface area contributed by atoms with Gasteiger partial charge in [-0.05, 0) is 19.1 Å². The molecule has 0 aliphatic rings. The molecule has 0 radical (unpaired) electrons. The molecular formula is C14H11Cl2N5OS. The Hall–Kier alpha value is -1.83. The van der Waals surface area contributed by atoms with Crippen molar-refractivity contribution in [1.82, 2.24) is 19.9 Å². The Labute approximate surface area is 146 Å². The maximum absolute atomic E-state index is 12.4. The van der Waals surface area contributed by atoms with Gasteiger partial charge >= 0.3 is 0 Å². The second-order valence-corrected chi connectivity index (χ2v) is 6.75. The number of carbonyl (C=O) groups is 1. The molecule has 0 saturated carbocycles. The molecule has 9 heteroatoms. The summed E-state index contributed by atoms with van der Waals surface area (Å²) in [5.74, 6) is -0.203. The first-order valence-electron chi connectivity index (χ1n) is 6.62. The van der Waals surface area contributed by atoms with E-state index >= 15 is 0 Å². The molecular weight excluding hydrogens is 357 g/mol. The van der Waals surface area contributed by atoms with Crippen molar-refractivity contribution in [2.75, 3.05) is 5.32 Å². The number of aromatic amines is 1. The predicted octanol–water partition coefficient (Wildman–Crippen LogP) is 3.78. The van der Waals surface area contributed by atoms with E-state index in [1.165, 1.54) is 18.1 Å². The van der Waals surface area contributed by atoms with Gasteiger partial charge < -0.3 is 10.3 Å². The highest BCUT2D eigenvalue weighted by molar-refractivity contribution is 8.00. The zero-order valence-electron chi connectivity index (χ0n) is 11.9. The highest BCUT2D eigenvalue weighted by Crippen LogP contribution is 2.31. The number of amides is 1. The average Bonchev–Trinajstić information content (AvgIpc) is 3.01. The number of nitrogens with one attached hydrogen (secondary N) is 2. The van der Waals surface area contributed by atoms with Gasteiger partial charge in [0.1, 0.15) is 16.9 Å². The highest BCUT2D eigenvalue weighted by atomic mass is 35.5. The lowest BCUT2D eigenvalue weighted by Crippen LogP contribution is -2.22. The van der Waals surface area contributed by atoms with E-state index in [1.807, 2.05) is 0 Å². The number of carbonyl (C=O) groups excluding carboxylic acids is 1. The van der Waals surface area contributed by atoms with Crippen molar-refractivity contribution in [3.05, 3.63) is 40.9 Å². The van der Waals surface area contributed by atoms with Gasteiger partial charge in [-0.25, -0.2) is 15.0 Å². The Bertz CT molecular complexity index is 869. The molecule has 0 aliphatic heterocycles. The lowest BCUT2D eigenvalue weighted by molar-refractivity contribution is -0.115. The molecule has 0 bridgehead atoms. The Kier molecular flexibility index (Phi) is 4.70. The molecule has 6 nitrogen and oxygen atoms in total. The summed E-state index contributed by atoms with van der Waals surface area (Å²) in [6.45, 7) is 1.78. The van der Waals surface area contributed by atoms with Crippen LogP contribution < -0.4 is 5.32 Å². The number of halogens is 2. The molecule has 3 aromatic rings. The molecule has 0 aliphatic carbocycles. The van der Waals surface area contributed by atoms with E-state index in [0.29, 0.717) is 31.9 Å². The lowest BCUT2D eigenvalue weighted by atomic mass is 10.3. The normalized spacial score (nSPS) is 12.3. The average molecular weight is 368 g/mol. The molecule has 2 aromatic heterocycles. The van der Waals surface area contributed by atoms with Gasteiger partial charge in [-0.15, -0.1) is 0 Å². The van der Waals surface area contributed by atoms with Gasteiger partial charge in [-0.2, -0.15) is 0 Å². The summed E-state index contributed by atoms with van der Waals surface area (Å²) >= 11 is 13.3. The number of hydrogen-bond acceptors (Lipinski definition) is 5. The summed E-state index contributed by atoms with van der Waals surface area (Å²) in [5.41, 5.74) is 1.75. The number of nitrogens with zero attached hydrogens (tertiary/aromatic N) is 3. The van der Waals surface area contributed by atoms with Crippen molar-refractivity contribution in [2.45, 2.75) is 17.2 Å². The van der Waals surface area contributed by atoms with Crippen LogP contribution in [0.2, 0.25) is 10.0 Å². The van der Waals surface area contributed by atoms with Crippen molar-refractivity contribution < 1.29 is 4.79 Å².